The number of aryl methyl sites for hydroxylation is 1. The van der Waals surface area contributed by atoms with Crippen LogP contribution in [0, 0.1) is 5.92 Å². The van der Waals surface area contributed by atoms with Crippen LogP contribution in [0.1, 0.15) is 45.1 Å². The molecule has 0 amide bonds. The first kappa shape index (κ1) is 21.4. The largest absolute Gasteiger partial charge is 0.366 e. The maximum Gasteiger partial charge on any atom is 0.159 e. The van der Waals surface area contributed by atoms with Crippen LogP contribution >= 0.6 is 27.5 Å². The van der Waals surface area contributed by atoms with E-state index in [-0.39, 0.29) is 0 Å². The summed E-state index contributed by atoms with van der Waals surface area (Å²) in [5.74, 6) is -0.243. The molecular weight excluding hydrogens is 414 g/mol. The lowest BCUT2D eigenvalue weighted by Gasteiger charge is -2.12. The number of methoxy groups -OCH3 is 1. The number of nitrogens with zero attached hydrogens (tertiary/aromatic N) is 1. The van der Waals surface area contributed by atoms with Crippen LogP contribution in [0.3, 0.4) is 0 Å². The molecule has 1 aromatic heterocycles. The van der Waals surface area contributed by atoms with E-state index in [1.165, 1.54) is 43.9 Å². The molecule has 0 spiro atoms. The number of allylic oxidation sites excluding steroid dienone is 1. The Bertz CT molecular complexity index is 770. The van der Waals surface area contributed by atoms with Crippen molar-refractivity contribution in [1.29, 1.82) is 0 Å². The van der Waals surface area contributed by atoms with Gasteiger partial charge in [0.15, 0.2) is 5.79 Å². The molecule has 3 rings (SSSR count). The van der Waals surface area contributed by atoms with E-state index < -0.39 is 5.79 Å². The van der Waals surface area contributed by atoms with E-state index in [4.69, 9.17) is 16.7 Å². The number of hydrogen-bond acceptors (Lipinski definition) is 3. The van der Waals surface area contributed by atoms with Gasteiger partial charge in [-0.1, -0.05) is 35.9 Å². The highest BCUT2D eigenvalue weighted by Gasteiger charge is 2.18. The predicted octanol–water partition coefficient (Wildman–Crippen LogP) is 6.30. The van der Waals surface area contributed by atoms with Crippen LogP contribution in [-0.2, 0) is 11.2 Å². The first-order chi connectivity index (χ1) is 12.2. The molecule has 1 heterocycles. The van der Waals surface area contributed by atoms with E-state index in [2.05, 4.69) is 50.4 Å². The fraction of sp³-hybridized carbons (Fsp3) is 0.476. The van der Waals surface area contributed by atoms with Gasteiger partial charge in [-0.2, -0.15) is 0 Å². The topological polar surface area (TPSA) is 42.4 Å². The Morgan fingerprint density at radius 1 is 1.38 bits per heavy atom. The van der Waals surface area contributed by atoms with Gasteiger partial charge in [0.25, 0.3) is 0 Å². The first-order valence-electron chi connectivity index (χ1n) is 8.89. The maximum absolute atomic E-state index is 8.60. The molecule has 3 nitrogen and oxygen atoms in total. The Morgan fingerprint density at radius 3 is 2.65 bits per heavy atom. The SMILES string of the molecule is C=C1CCCC1CCc1ccc2cc(Br)c(Cl)nc2c1.COC(C)(C)O. The highest BCUT2D eigenvalue weighted by atomic mass is 79.9. The van der Waals surface area contributed by atoms with Gasteiger partial charge in [0.2, 0.25) is 0 Å². The molecule has 1 aromatic carbocycles. The van der Waals surface area contributed by atoms with Crippen molar-refractivity contribution in [2.45, 2.75) is 51.7 Å². The Hall–Kier alpha value is -0.940. The summed E-state index contributed by atoms with van der Waals surface area (Å²) in [5, 5.41) is 10.3. The summed E-state index contributed by atoms with van der Waals surface area (Å²) in [5.41, 5.74) is 3.75. The van der Waals surface area contributed by atoms with Crippen molar-refractivity contribution in [3.05, 3.63) is 51.6 Å². The summed E-state index contributed by atoms with van der Waals surface area (Å²) >= 11 is 9.48. The number of halogens is 2. The van der Waals surface area contributed by atoms with E-state index >= 15 is 0 Å². The van der Waals surface area contributed by atoms with Crippen molar-refractivity contribution in [3.63, 3.8) is 0 Å². The maximum atomic E-state index is 8.60. The van der Waals surface area contributed by atoms with Crippen LogP contribution in [0.4, 0.5) is 0 Å². The number of ether oxygens (including phenoxy) is 1. The van der Waals surface area contributed by atoms with Crippen molar-refractivity contribution in [1.82, 2.24) is 4.98 Å². The molecule has 1 atom stereocenters. The number of aliphatic hydroxyl groups is 1. The normalized spacial score (nSPS) is 17.3. The van der Waals surface area contributed by atoms with Gasteiger partial charge in [0.1, 0.15) is 5.15 Å². The summed E-state index contributed by atoms with van der Waals surface area (Å²) in [4.78, 5) is 4.43. The van der Waals surface area contributed by atoms with Gasteiger partial charge in [-0.15, -0.1) is 0 Å². The van der Waals surface area contributed by atoms with Crippen LogP contribution in [-0.4, -0.2) is 23.0 Å². The lowest BCUT2D eigenvalue weighted by atomic mass is 9.95. The van der Waals surface area contributed by atoms with E-state index in [0.717, 1.165) is 21.8 Å². The highest BCUT2D eigenvalue weighted by molar-refractivity contribution is 9.10. The second kappa shape index (κ2) is 9.32. The molecule has 1 aliphatic rings. The Morgan fingerprint density at radius 2 is 2.08 bits per heavy atom. The lowest BCUT2D eigenvalue weighted by Crippen LogP contribution is -2.20. The van der Waals surface area contributed by atoms with Gasteiger partial charge in [0.05, 0.1) is 9.99 Å². The van der Waals surface area contributed by atoms with Crippen LogP contribution in [0.15, 0.2) is 40.9 Å². The number of benzene rings is 1. The van der Waals surface area contributed by atoms with Crippen LogP contribution in [0.25, 0.3) is 10.9 Å². The predicted molar refractivity (Wildman–Crippen MR) is 113 cm³/mol. The molecule has 1 N–H and O–H groups in total. The fourth-order valence-electron chi connectivity index (χ4n) is 2.99. The second-order valence-electron chi connectivity index (χ2n) is 7.23. The third-order valence-corrected chi connectivity index (χ3v) is 5.82. The minimum Gasteiger partial charge on any atom is -0.366 e. The Labute approximate surface area is 169 Å². The highest BCUT2D eigenvalue weighted by Crippen LogP contribution is 2.33. The van der Waals surface area contributed by atoms with Crippen molar-refractivity contribution in [3.8, 4) is 0 Å². The molecule has 0 bridgehead atoms. The van der Waals surface area contributed by atoms with E-state index in [1.54, 1.807) is 13.8 Å². The average molecular weight is 441 g/mol. The fourth-order valence-corrected chi connectivity index (χ4v) is 3.47. The van der Waals surface area contributed by atoms with Gasteiger partial charge in [-0.3, -0.25) is 0 Å². The minimum atomic E-state index is -0.958. The van der Waals surface area contributed by atoms with E-state index in [1.807, 2.05) is 6.07 Å². The molecule has 0 saturated heterocycles. The van der Waals surface area contributed by atoms with Crippen molar-refractivity contribution in [2.24, 2.45) is 5.92 Å². The van der Waals surface area contributed by atoms with Gasteiger partial charge in [-0.05, 0) is 85.5 Å². The van der Waals surface area contributed by atoms with Crippen LogP contribution in [0.2, 0.25) is 5.15 Å². The molecule has 0 aliphatic heterocycles. The minimum absolute atomic E-state index is 0.527. The number of fused-ring (bicyclic) bond motifs is 1. The third kappa shape index (κ3) is 6.34. The standard InChI is InChI=1S/C17H17BrClN.C4H10O2/c1-11-3-2-4-13(11)7-5-12-6-8-14-10-15(18)17(19)20-16(14)9-12;1-4(2,5)6-3/h6,8-10,13H,1-5,7H2;5H,1-3H3. The summed E-state index contributed by atoms with van der Waals surface area (Å²) in [6.07, 6.45) is 6.13. The summed E-state index contributed by atoms with van der Waals surface area (Å²) in [7, 11) is 1.46. The number of pyridine rings is 1. The van der Waals surface area contributed by atoms with E-state index in [0.29, 0.717) is 11.1 Å². The number of rotatable bonds is 4. The molecule has 2 aromatic rings. The Balaban J connectivity index is 0.000000352. The van der Waals surface area contributed by atoms with Crippen molar-refractivity contribution in [2.75, 3.05) is 7.11 Å². The van der Waals surface area contributed by atoms with Crippen LogP contribution in [0.5, 0.6) is 0 Å². The smallest absolute Gasteiger partial charge is 0.159 e. The quantitative estimate of drug-likeness (QED) is 0.344. The van der Waals surface area contributed by atoms with Crippen molar-refractivity contribution >= 4 is 38.4 Å². The van der Waals surface area contributed by atoms with Crippen LogP contribution < -0.4 is 0 Å². The van der Waals surface area contributed by atoms with Gasteiger partial charge >= 0.3 is 0 Å². The van der Waals surface area contributed by atoms with Crippen molar-refractivity contribution < 1.29 is 9.84 Å². The summed E-state index contributed by atoms with van der Waals surface area (Å²) in [6, 6.07) is 8.50. The Kier molecular flexibility index (Phi) is 7.65. The summed E-state index contributed by atoms with van der Waals surface area (Å²) in [6.45, 7) is 7.34. The molecule has 5 heteroatoms. The molecule has 26 heavy (non-hydrogen) atoms. The molecule has 142 valence electrons. The van der Waals surface area contributed by atoms with Gasteiger partial charge in [0, 0.05) is 12.5 Å². The van der Waals surface area contributed by atoms with E-state index in [9.17, 15) is 0 Å². The molecule has 1 saturated carbocycles. The molecule has 1 fully saturated rings. The number of aromatic nitrogens is 1. The first-order valence-corrected chi connectivity index (χ1v) is 10.1. The molecule has 1 aliphatic carbocycles. The zero-order chi connectivity index (χ0) is 19.3. The molecule has 1 unspecified atom stereocenters. The summed E-state index contributed by atoms with van der Waals surface area (Å²) < 4.78 is 5.34. The van der Waals surface area contributed by atoms with Gasteiger partial charge < -0.3 is 9.84 Å². The zero-order valence-corrected chi connectivity index (χ0v) is 18.0. The lowest BCUT2D eigenvalue weighted by molar-refractivity contribution is -0.155. The monoisotopic (exact) mass is 439 g/mol. The third-order valence-electron chi connectivity index (χ3n) is 4.70. The second-order valence-corrected chi connectivity index (χ2v) is 8.44. The number of hydrogen-bond donors (Lipinski definition) is 1. The average Bonchev–Trinajstić information content (AvgIpc) is 2.99. The molecular formula is C21H27BrClNO2. The zero-order valence-electron chi connectivity index (χ0n) is 15.7. The van der Waals surface area contributed by atoms with Gasteiger partial charge in [-0.25, -0.2) is 4.98 Å². The molecule has 0 radical (unpaired) electrons.